The lowest BCUT2D eigenvalue weighted by atomic mass is 9.98. The van der Waals surface area contributed by atoms with E-state index >= 15 is 0 Å². The van der Waals surface area contributed by atoms with E-state index in [4.69, 9.17) is 9.47 Å². The van der Waals surface area contributed by atoms with Crippen molar-refractivity contribution in [2.24, 2.45) is 0 Å². The van der Waals surface area contributed by atoms with Gasteiger partial charge in [-0.25, -0.2) is 0 Å². The van der Waals surface area contributed by atoms with Crippen LogP contribution in [0.5, 0.6) is 5.75 Å². The van der Waals surface area contributed by atoms with Crippen molar-refractivity contribution in [2.45, 2.75) is 39.2 Å². The fourth-order valence-electron chi connectivity index (χ4n) is 4.50. The molecule has 2 unspecified atom stereocenters. The smallest absolute Gasteiger partial charge is 0.264 e. The molecule has 0 spiro atoms. The van der Waals surface area contributed by atoms with Crippen molar-refractivity contribution in [1.29, 1.82) is 5.26 Å². The molecule has 2 heterocycles. The van der Waals surface area contributed by atoms with Crippen LogP contribution in [0.3, 0.4) is 0 Å². The number of nitriles is 1. The van der Waals surface area contributed by atoms with Gasteiger partial charge in [-0.3, -0.25) is 4.79 Å². The van der Waals surface area contributed by atoms with Crippen LogP contribution in [0.4, 0.5) is 0 Å². The summed E-state index contributed by atoms with van der Waals surface area (Å²) in [5.41, 5.74) is 4.37. The lowest BCUT2D eigenvalue weighted by Gasteiger charge is -2.18. The Hall–Kier alpha value is -3.04. The molecule has 0 aliphatic carbocycles. The second-order valence-electron chi connectivity index (χ2n) is 8.18. The van der Waals surface area contributed by atoms with Gasteiger partial charge >= 0.3 is 0 Å². The van der Waals surface area contributed by atoms with Gasteiger partial charge in [-0.2, -0.15) is 5.26 Å². The van der Waals surface area contributed by atoms with Gasteiger partial charge in [0, 0.05) is 37.5 Å². The largest absolute Gasteiger partial charge is 0.497 e. The molecule has 2 atom stereocenters. The molecule has 1 aliphatic heterocycles. The van der Waals surface area contributed by atoms with Crippen molar-refractivity contribution in [3.63, 3.8) is 0 Å². The summed E-state index contributed by atoms with van der Waals surface area (Å²) >= 11 is 0. The molecular weight excluding hydrogens is 390 g/mol. The molecule has 1 amide bonds. The molecule has 1 aromatic heterocycles. The summed E-state index contributed by atoms with van der Waals surface area (Å²) in [7, 11) is 3.34. The van der Waals surface area contributed by atoms with Crippen molar-refractivity contribution in [3.05, 3.63) is 58.4 Å². The van der Waals surface area contributed by atoms with E-state index in [0.29, 0.717) is 19.7 Å². The first-order valence-corrected chi connectivity index (χ1v) is 10.6. The number of carbonyl (C=O) groups excluding carboxylic acids is 1. The summed E-state index contributed by atoms with van der Waals surface area (Å²) in [5, 5.41) is 9.71. The van der Waals surface area contributed by atoms with E-state index in [9.17, 15) is 10.1 Å². The van der Waals surface area contributed by atoms with E-state index in [1.165, 1.54) is 5.56 Å². The number of rotatable bonds is 7. The number of amides is 1. The predicted molar refractivity (Wildman–Crippen MR) is 121 cm³/mol. The van der Waals surface area contributed by atoms with Crippen molar-refractivity contribution < 1.29 is 14.3 Å². The van der Waals surface area contributed by atoms with Gasteiger partial charge in [0.2, 0.25) is 0 Å². The first kappa shape index (κ1) is 22.6. The van der Waals surface area contributed by atoms with Crippen LogP contribution in [-0.4, -0.2) is 49.3 Å². The van der Waals surface area contributed by atoms with Crippen molar-refractivity contribution in [2.75, 3.05) is 33.9 Å². The summed E-state index contributed by atoms with van der Waals surface area (Å²) in [6.07, 6.45) is 2.61. The lowest BCUT2D eigenvalue weighted by Crippen LogP contribution is -2.29. The molecule has 1 aliphatic rings. The second-order valence-corrected chi connectivity index (χ2v) is 8.18. The third-order valence-electron chi connectivity index (χ3n) is 6.09. The number of ether oxygens (including phenoxy) is 2. The normalized spacial score (nSPS) is 17.5. The Kier molecular flexibility index (Phi) is 7.19. The molecular formula is C25H31N3O3. The molecule has 6 heteroatoms. The molecule has 3 rings (SSSR count). The summed E-state index contributed by atoms with van der Waals surface area (Å²) in [6.45, 7) is 8.01. The summed E-state index contributed by atoms with van der Waals surface area (Å²) in [4.78, 5) is 14.9. The highest BCUT2D eigenvalue weighted by Crippen LogP contribution is 2.30. The number of aromatic nitrogens is 1. The zero-order valence-corrected chi connectivity index (χ0v) is 19.0. The molecule has 1 aromatic carbocycles. The number of carbonyl (C=O) groups is 1. The zero-order valence-electron chi connectivity index (χ0n) is 19.0. The van der Waals surface area contributed by atoms with Gasteiger partial charge in [0.25, 0.3) is 5.91 Å². The van der Waals surface area contributed by atoms with Crippen molar-refractivity contribution in [1.82, 2.24) is 9.47 Å². The molecule has 31 heavy (non-hydrogen) atoms. The van der Waals surface area contributed by atoms with E-state index < -0.39 is 0 Å². The van der Waals surface area contributed by atoms with E-state index in [1.807, 2.05) is 32.0 Å². The number of benzene rings is 1. The van der Waals surface area contributed by atoms with Crippen LogP contribution in [0.1, 0.15) is 47.8 Å². The average Bonchev–Trinajstić information content (AvgIpc) is 3.36. The molecule has 164 valence electrons. The van der Waals surface area contributed by atoms with Crippen LogP contribution in [0.2, 0.25) is 0 Å². The molecule has 0 bridgehead atoms. The minimum absolute atomic E-state index is 0.176. The number of aryl methyl sites for hydroxylation is 1. The minimum atomic E-state index is -0.201. The molecule has 2 aromatic rings. The summed E-state index contributed by atoms with van der Waals surface area (Å²) in [6, 6.07) is 12.3. The Bertz CT molecular complexity index is 998. The molecule has 6 nitrogen and oxygen atoms in total. The Balaban J connectivity index is 1.77. The lowest BCUT2D eigenvalue weighted by molar-refractivity contribution is -0.125. The van der Waals surface area contributed by atoms with Crippen LogP contribution >= 0.6 is 0 Å². The van der Waals surface area contributed by atoms with Gasteiger partial charge in [-0.15, -0.1) is 0 Å². The van der Waals surface area contributed by atoms with Crippen LogP contribution in [0.25, 0.3) is 6.08 Å². The quantitative estimate of drug-likeness (QED) is 0.495. The Morgan fingerprint density at radius 1 is 1.29 bits per heavy atom. The van der Waals surface area contributed by atoms with E-state index in [-0.39, 0.29) is 23.4 Å². The van der Waals surface area contributed by atoms with Crippen LogP contribution < -0.4 is 4.74 Å². The standard InChI is InChI=1S/C25H31N3O3/c1-17-12-22(19(3)28(17)18(2)16-30-4)13-23(14-26)25(29)27-11-10-21(15-27)20-6-8-24(31-5)9-7-20/h6-9,12-13,18,21H,10-11,15-16H2,1-5H3/b23-13-. The maximum absolute atomic E-state index is 13.1. The fourth-order valence-corrected chi connectivity index (χ4v) is 4.50. The fraction of sp³-hybridized carbons (Fsp3) is 0.440. The second kappa shape index (κ2) is 9.84. The highest BCUT2D eigenvalue weighted by atomic mass is 16.5. The van der Waals surface area contributed by atoms with Gasteiger partial charge < -0.3 is 18.9 Å². The Labute approximate surface area is 184 Å². The maximum atomic E-state index is 13.1. The molecule has 0 radical (unpaired) electrons. The van der Waals surface area contributed by atoms with Crippen LogP contribution in [0.15, 0.2) is 35.9 Å². The molecule has 0 N–H and O–H groups in total. The minimum Gasteiger partial charge on any atom is -0.497 e. The number of likely N-dealkylation sites (tertiary alicyclic amines) is 1. The van der Waals surface area contributed by atoms with Gasteiger partial charge in [0.15, 0.2) is 0 Å². The molecule has 1 saturated heterocycles. The van der Waals surface area contributed by atoms with E-state index in [0.717, 1.165) is 29.1 Å². The monoisotopic (exact) mass is 421 g/mol. The van der Waals surface area contributed by atoms with E-state index in [1.54, 1.807) is 25.2 Å². The first-order chi connectivity index (χ1) is 14.9. The number of hydrogen-bond acceptors (Lipinski definition) is 4. The predicted octanol–water partition coefficient (Wildman–Crippen LogP) is 4.24. The first-order valence-electron chi connectivity index (χ1n) is 10.6. The van der Waals surface area contributed by atoms with Crippen LogP contribution in [-0.2, 0) is 9.53 Å². The number of nitrogens with zero attached hydrogens (tertiary/aromatic N) is 3. The SMILES string of the molecule is COCC(C)n1c(C)cc(/C=C(/C#N)C(=O)N2CCC(c3ccc(OC)cc3)C2)c1C. The summed E-state index contributed by atoms with van der Waals surface area (Å²) in [5.74, 6) is 0.893. The van der Waals surface area contributed by atoms with Gasteiger partial charge in [0.1, 0.15) is 17.4 Å². The highest BCUT2D eigenvalue weighted by molar-refractivity contribution is 6.02. The van der Waals surface area contributed by atoms with Gasteiger partial charge in [-0.1, -0.05) is 12.1 Å². The summed E-state index contributed by atoms with van der Waals surface area (Å²) < 4.78 is 12.7. The Morgan fingerprint density at radius 3 is 2.61 bits per heavy atom. The van der Waals surface area contributed by atoms with Gasteiger partial charge in [0.05, 0.1) is 19.8 Å². The van der Waals surface area contributed by atoms with Crippen LogP contribution in [0, 0.1) is 25.2 Å². The topological polar surface area (TPSA) is 67.5 Å². The molecule has 1 fully saturated rings. The van der Waals surface area contributed by atoms with Gasteiger partial charge in [-0.05, 0) is 62.6 Å². The number of hydrogen-bond donors (Lipinski definition) is 0. The zero-order chi connectivity index (χ0) is 22.5. The third kappa shape index (κ3) is 4.83. The molecule has 0 saturated carbocycles. The van der Waals surface area contributed by atoms with Crippen molar-refractivity contribution >= 4 is 12.0 Å². The van der Waals surface area contributed by atoms with E-state index in [2.05, 4.69) is 29.7 Å². The number of methoxy groups -OCH3 is 2. The third-order valence-corrected chi connectivity index (χ3v) is 6.09. The van der Waals surface area contributed by atoms with Crippen molar-refractivity contribution in [3.8, 4) is 11.8 Å². The maximum Gasteiger partial charge on any atom is 0.264 e. The average molecular weight is 422 g/mol. The Morgan fingerprint density at radius 2 is 2.00 bits per heavy atom. The highest BCUT2D eigenvalue weighted by Gasteiger charge is 2.29.